The predicted octanol–water partition coefficient (Wildman–Crippen LogP) is 0.624. The molecule has 1 heterocycles. The number of amides is 1. The molecule has 0 aliphatic carbocycles. The minimum atomic E-state index is -0.507. The maximum absolute atomic E-state index is 11.8. The van der Waals surface area contributed by atoms with Gasteiger partial charge < -0.3 is 19.8 Å². The maximum atomic E-state index is 11.8. The lowest BCUT2D eigenvalue weighted by Gasteiger charge is -2.16. The summed E-state index contributed by atoms with van der Waals surface area (Å²) in [6.07, 6.45) is 0.0725. The van der Waals surface area contributed by atoms with Crippen molar-refractivity contribution < 1.29 is 24.5 Å². The SMILES string of the molecule is COC(=O)C1CC(=O)N(c2cc(O)cc(O)c2)C1. The fourth-order valence-electron chi connectivity index (χ4n) is 2.02. The van der Waals surface area contributed by atoms with Gasteiger partial charge in [0.2, 0.25) is 5.91 Å². The molecule has 1 aliphatic rings. The molecule has 1 aromatic carbocycles. The van der Waals surface area contributed by atoms with Gasteiger partial charge in [0, 0.05) is 31.2 Å². The number of phenolic OH excluding ortho intramolecular Hbond substituents is 2. The van der Waals surface area contributed by atoms with Crippen LogP contribution in [0, 0.1) is 5.92 Å². The van der Waals surface area contributed by atoms with Gasteiger partial charge in [-0.1, -0.05) is 0 Å². The summed E-state index contributed by atoms with van der Waals surface area (Å²) < 4.78 is 4.60. The van der Waals surface area contributed by atoms with Crippen LogP contribution in [-0.2, 0) is 14.3 Å². The van der Waals surface area contributed by atoms with Crippen molar-refractivity contribution in [2.45, 2.75) is 6.42 Å². The lowest BCUT2D eigenvalue weighted by atomic mass is 10.1. The number of hydrogen-bond acceptors (Lipinski definition) is 5. The van der Waals surface area contributed by atoms with Gasteiger partial charge in [0.1, 0.15) is 11.5 Å². The van der Waals surface area contributed by atoms with Crippen LogP contribution in [0.5, 0.6) is 11.5 Å². The Kier molecular flexibility index (Phi) is 3.10. The molecule has 6 heteroatoms. The lowest BCUT2D eigenvalue weighted by Crippen LogP contribution is -2.26. The number of rotatable bonds is 2. The first kappa shape index (κ1) is 12.2. The summed E-state index contributed by atoms with van der Waals surface area (Å²) in [5.41, 5.74) is 0.365. The van der Waals surface area contributed by atoms with Gasteiger partial charge in [0.05, 0.1) is 18.7 Å². The second-order valence-electron chi connectivity index (χ2n) is 4.14. The van der Waals surface area contributed by atoms with Crippen molar-refractivity contribution in [1.82, 2.24) is 0 Å². The highest BCUT2D eigenvalue weighted by Crippen LogP contribution is 2.31. The Morgan fingerprint density at radius 1 is 1.33 bits per heavy atom. The largest absolute Gasteiger partial charge is 0.508 e. The Hall–Kier alpha value is -2.24. The first-order valence-electron chi connectivity index (χ1n) is 5.42. The molecule has 1 aliphatic heterocycles. The number of esters is 1. The summed E-state index contributed by atoms with van der Waals surface area (Å²) in [5.74, 6) is -1.46. The maximum Gasteiger partial charge on any atom is 0.311 e. The van der Waals surface area contributed by atoms with Crippen molar-refractivity contribution >= 4 is 17.6 Å². The highest BCUT2D eigenvalue weighted by atomic mass is 16.5. The van der Waals surface area contributed by atoms with Crippen LogP contribution in [0.25, 0.3) is 0 Å². The first-order chi connectivity index (χ1) is 8.51. The van der Waals surface area contributed by atoms with Gasteiger partial charge in [0.15, 0.2) is 0 Å². The van der Waals surface area contributed by atoms with E-state index in [1.54, 1.807) is 0 Å². The zero-order valence-electron chi connectivity index (χ0n) is 9.79. The van der Waals surface area contributed by atoms with Gasteiger partial charge in [0.25, 0.3) is 0 Å². The topological polar surface area (TPSA) is 87.1 Å². The number of carbonyl (C=O) groups excluding carboxylic acids is 2. The number of benzene rings is 1. The Labute approximate surface area is 103 Å². The molecule has 0 saturated carbocycles. The zero-order chi connectivity index (χ0) is 13.3. The molecule has 18 heavy (non-hydrogen) atoms. The van der Waals surface area contributed by atoms with Crippen LogP contribution in [0.3, 0.4) is 0 Å². The smallest absolute Gasteiger partial charge is 0.311 e. The van der Waals surface area contributed by atoms with Crippen molar-refractivity contribution in [3.05, 3.63) is 18.2 Å². The summed E-state index contributed by atoms with van der Waals surface area (Å²) in [6, 6.07) is 3.89. The summed E-state index contributed by atoms with van der Waals surface area (Å²) in [4.78, 5) is 24.5. The number of nitrogens with zero attached hydrogens (tertiary/aromatic N) is 1. The van der Waals surface area contributed by atoms with E-state index in [0.717, 1.165) is 0 Å². The lowest BCUT2D eigenvalue weighted by molar-refractivity contribution is -0.145. The number of hydrogen-bond donors (Lipinski definition) is 2. The van der Waals surface area contributed by atoms with E-state index in [2.05, 4.69) is 4.74 Å². The van der Waals surface area contributed by atoms with Crippen LogP contribution >= 0.6 is 0 Å². The Bertz CT molecular complexity index is 479. The van der Waals surface area contributed by atoms with Crippen LogP contribution in [0.1, 0.15) is 6.42 Å². The van der Waals surface area contributed by atoms with Gasteiger partial charge in [-0.25, -0.2) is 0 Å². The molecule has 6 nitrogen and oxygen atoms in total. The van der Waals surface area contributed by atoms with Crippen molar-refractivity contribution in [2.75, 3.05) is 18.6 Å². The summed E-state index contributed by atoms with van der Waals surface area (Å²) in [5, 5.41) is 18.7. The molecule has 1 atom stereocenters. The van der Waals surface area contributed by atoms with Crippen LogP contribution in [0.4, 0.5) is 5.69 Å². The minimum absolute atomic E-state index is 0.0725. The molecule has 1 fully saturated rings. The van der Waals surface area contributed by atoms with E-state index in [0.29, 0.717) is 5.69 Å². The standard InChI is InChI=1S/C12H13NO5/c1-18-12(17)7-2-11(16)13(6-7)8-3-9(14)5-10(15)4-8/h3-5,7,14-15H,2,6H2,1H3. The minimum Gasteiger partial charge on any atom is -0.508 e. The molecule has 0 radical (unpaired) electrons. The van der Waals surface area contributed by atoms with E-state index >= 15 is 0 Å². The fraction of sp³-hybridized carbons (Fsp3) is 0.333. The number of anilines is 1. The van der Waals surface area contributed by atoms with E-state index in [1.807, 2.05) is 0 Å². The molecule has 1 unspecified atom stereocenters. The monoisotopic (exact) mass is 251 g/mol. The first-order valence-corrected chi connectivity index (χ1v) is 5.42. The Morgan fingerprint density at radius 3 is 2.50 bits per heavy atom. The van der Waals surface area contributed by atoms with Crippen LogP contribution in [0.2, 0.25) is 0 Å². The second-order valence-corrected chi connectivity index (χ2v) is 4.14. The van der Waals surface area contributed by atoms with Gasteiger partial charge in [-0.05, 0) is 0 Å². The van der Waals surface area contributed by atoms with Crippen molar-refractivity contribution in [3.63, 3.8) is 0 Å². The third kappa shape index (κ3) is 2.22. The number of carbonyl (C=O) groups is 2. The van der Waals surface area contributed by atoms with Crippen LogP contribution in [0.15, 0.2) is 18.2 Å². The van der Waals surface area contributed by atoms with Gasteiger partial charge in [-0.15, -0.1) is 0 Å². The Morgan fingerprint density at radius 2 is 1.94 bits per heavy atom. The third-order valence-corrected chi connectivity index (χ3v) is 2.86. The molecule has 1 aromatic rings. The van der Waals surface area contributed by atoms with E-state index in [9.17, 15) is 19.8 Å². The molecule has 96 valence electrons. The molecule has 1 amide bonds. The molecule has 0 spiro atoms. The molecule has 0 aromatic heterocycles. The molecule has 0 bridgehead atoms. The summed E-state index contributed by atoms with van der Waals surface area (Å²) in [7, 11) is 1.27. The van der Waals surface area contributed by atoms with Crippen LogP contribution in [-0.4, -0.2) is 35.7 Å². The fourth-order valence-corrected chi connectivity index (χ4v) is 2.02. The molecule has 2 rings (SSSR count). The summed E-state index contributed by atoms with van der Waals surface area (Å²) >= 11 is 0. The van der Waals surface area contributed by atoms with E-state index in [4.69, 9.17) is 0 Å². The number of methoxy groups -OCH3 is 1. The quantitative estimate of drug-likeness (QED) is 0.752. The normalized spacial score (nSPS) is 19.1. The number of phenols is 2. The van der Waals surface area contributed by atoms with Crippen molar-refractivity contribution in [1.29, 1.82) is 0 Å². The van der Waals surface area contributed by atoms with E-state index in [-0.39, 0.29) is 30.4 Å². The third-order valence-electron chi connectivity index (χ3n) is 2.86. The average Bonchev–Trinajstić information content (AvgIpc) is 2.69. The van der Waals surface area contributed by atoms with Crippen molar-refractivity contribution in [3.8, 4) is 11.5 Å². The molecular formula is C12H13NO5. The number of aromatic hydroxyl groups is 2. The Balaban J connectivity index is 2.24. The van der Waals surface area contributed by atoms with Crippen LogP contribution < -0.4 is 4.90 Å². The molecular weight excluding hydrogens is 238 g/mol. The summed E-state index contributed by atoms with van der Waals surface area (Å²) in [6.45, 7) is 0.189. The van der Waals surface area contributed by atoms with Gasteiger partial charge in [-0.3, -0.25) is 9.59 Å². The van der Waals surface area contributed by atoms with E-state index in [1.165, 1.54) is 30.2 Å². The molecule has 2 N–H and O–H groups in total. The molecule has 1 saturated heterocycles. The predicted molar refractivity (Wildman–Crippen MR) is 62.2 cm³/mol. The number of ether oxygens (including phenoxy) is 1. The van der Waals surface area contributed by atoms with Gasteiger partial charge in [-0.2, -0.15) is 0 Å². The highest BCUT2D eigenvalue weighted by Gasteiger charge is 2.36. The van der Waals surface area contributed by atoms with Gasteiger partial charge >= 0.3 is 5.97 Å². The zero-order valence-corrected chi connectivity index (χ0v) is 9.79. The second kappa shape index (κ2) is 4.56. The van der Waals surface area contributed by atoms with Crippen molar-refractivity contribution in [2.24, 2.45) is 5.92 Å². The average molecular weight is 251 g/mol. The highest BCUT2D eigenvalue weighted by molar-refractivity contribution is 5.99. The van der Waals surface area contributed by atoms with E-state index < -0.39 is 11.9 Å².